The molecule has 0 unspecified atom stereocenters. The molecule has 0 saturated carbocycles. The van der Waals surface area contributed by atoms with Gasteiger partial charge in [-0.1, -0.05) is 23.9 Å². The van der Waals surface area contributed by atoms with E-state index in [2.05, 4.69) is 10.3 Å². The second-order valence-electron chi connectivity index (χ2n) is 4.02. The molecule has 2 aromatic rings. The highest BCUT2D eigenvalue weighted by Gasteiger charge is 2.22. The molecule has 0 aliphatic carbocycles. The summed E-state index contributed by atoms with van der Waals surface area (Å²) in [5, 5.41) is 14.0. The lowest BCUT2D eigenvalue weighted by atomic mass is 10.3. The zero-order valence-electron chi connectivity index (χ0n) is 10.9. The van der Waals surface area contributed by atoms with Crippen molar-refractivity contribution >= 4 is 29.2 Å². The second-order valence-corrected chi connectivity index (χ2v) is 5.05. The van der Waals surface area contributed by atoms with Gasteiger partial charge in [-0.3, -0.25) is 4.79 Å². The Bertz CT molecular complexity index is 668. The molecule has 20 heavy (non-hydrogen) atoms. The van der Waals surface area contributed by atoms with E-state index < -0.39 is 4.92 Å². The van der Waals surface area contributed by atoms with E-state index in [4.69, 9.17) is 0 Å². The Balaban J connectivity index is 2.38. The van der Waals surface area contributed by atoms with E-state index in [0.717, 1.165) is 4.90 Å². The zero-order chi connectivity index (χ0) is 14.7. The molecule has 1 amide bonds. The van der Waals surface area contributed by atoms with Gasteiger partial charge >= 0.3 is 5.82 Å². The lowest BCUT2D eigenvalue weighted by Gasteiger charge is -2.09. The Kier molecular flexibility index (Phi) is 4.04. The molecule has 0 aliphatic rings. The van der Waals surface area contributed by atoms with Crippen LogP contribution in [-0.4, -0.2) is 20.4 Å². The largest absolute Gasteiger partial charge is 0.396 e. The molecular weight excluding hydrogens is 280 g/mol. The predicted octanol–water partition coefficient (Wildman–Crippen LogP) is 2.44. The fourth-order valence-electron chi connectivity index (χ4n) is 1.60. The van der Waals surface area contributed by atoms with E-state index >= 15 is 0 Å². The maximum Gasteiger partial charge on any atom is 0.396 e. The number of anilines is 1. The van der Waals surface area contributed by atoms with Gasteiger partial charge in [0.1, 0.15) is 0 Å². The molecule has 0 bridgehead atoms. The number of aryl methyl sites for hydroxylation is 1. The van der Waals surface area contributed by atoms with Gasteiger partial charge in [0.15, 0.2) is 5.03 Å². The molecule has 2 rings (SSSR count). The molecule has 0 radical (unpaired) electrons. The maximum atomic E-state index is 11.2. The summed E-state index contributed by atoms with van der Waals surface area (Å²) < 4.78 is 1.58. The first kappa shape index (κ1) is 14.1. The van der Waals surface area contributed by atoms with Crippen LogP contribution in [0.4, 0.5) is 11.5 Å². The van der Waals surface area contributed by atoms with E-state index in [1.807, 2.05) is 0 Å². The quantitative estimate of drug-likeness (QED) is 0.690. The normalized spacial score (nSPS) is 10.3. The van der Waals surface area contributed by atoms with Crippen molar-refractivity contribution in [2.24, 2.45) is 7.05 Å². The van der Waals surface area contributed by atoms with Gasteiger partial charge in [0.25, 0.3) is 0 Å². The molecular formula is C12H12N4O3S. The Morgan fingerprint density at radius 1 is 1.45 bits per heavy atom. The number of aromatic nitrogens is 2. The predicted molar refractivity (Wildman–Crippen MR) is 74.7 cm³/mol. The minimum atomic E-state index is -0.524. The van der Waals surface area contributed by atoms with Crippen LogP contribution >= 0.6 is 11.8 Å². The first-order chi connectivity index (χ1) is 9.49. The molecule has 1 aromatic carbocycles. The van der Waals surface area contributed by atoms with Crippen molar-refractivity contribution in [1.29, 1.82) is 0 Å². The van der Waals surface area contributed by atoms with Gasteiger partial charge in [-0.15, -0.1) is 0 Å². The minimum absolute atomic E-state index is 0.197. The van der Waals surface area contributed by atoms with Gasteiger partial charge in [0.05, 0.1) is 5.69 Å². The van der Waals surface area contributed by atoms with Crippen molar-refractivity contribution in [2.75, 3.05) is 5.32 Å². The number of carbonyl (C=O) groups is 1. The Hall–Kier alpha value is -2.35. The zero-order valence-corrected chi connectivity index (χ0v) is 11.7. The van der Waals surface area contributed by atoms with Crippen molar-refractivity contribution in [3.8, 4) is 0 Å². The van der Waals surface area contributed by atoms with Crippen molar-refractivity contribution < 1.29 is 9.72 Å². The summed E-state index contributed by atoms with van der Waals surface area (Å²) in [6, 6.07) is 7.11. The second kappa shape index (κ2) is 5.74. The van der Waals surface area contributed by atoms with E-state index in [0.29, 0.717) is 10.7 Å². The van der Waals surface area contributed by atoms with Gasteiger partial charge in [0, 0.05) is 18.9 Å². The minimum Gasteiger partial charge on any atom is -0.358 e. The van der Waals surface area contributed by atoms with E-state index in [9.17, 15) is 14.9 Å². The number of carbonyl (C=O) groups excluding carboxylic acids is 1. The maximum absolute atomic E-state index is 11.2. The van der Waals surface area contributed by atoms with Gasteiger partial charge in [-0.05, 0) is 22.0 Å². The van der Waals surface area contributed by atoms with Crippen LogP contribution in [0.1, 0.15) is 6.92 Å². The number of imidazole rings is 1. The topological polar surface area (TPSA) is 90.1 Å². The molecule has 8 heteroatoms. The monoisotopic (exact) mass is 292 g/mol. The number of benzene rings is 1. The highest BCUT2D eigenvalue weighted by molar-refractivity contribution is 7.99. The van der Waals surface area contributed by atoms with Crippen LogP contribution in [0.5, 0.6) is 0 Å². The summed E-state index contributed by atoms with van der Waals surface area (Å²) in [5.41, 5.74) is 0.612. The summed E-state index contributed by atoms with van der Waals surface area (Å²) >= 11 is 1.19. The van der Waals surface area contributed by atoms with Crippen molar-refractivity contribution in [2.45, 2.75) is 16.8 Å². The van der Waals surface area contributed by atoms with Crippen LogP contribution in [0.2, 0.25) is 0 Å². The summed E-state index contributed by atoms with van der Waals surface area (Å²) in [6.45, 7) is 1.41. The lowest BCUT2D eigenvalue weighted by molar-refractivity contribution is -0.392. The van der Waals surface area contributed by atoms with Crippen molar-refractivity contribution in [3.05, 3.63) is 40.7 Å². The first-order valence-corrected chi connectivity index (χ1v) is 6.51. The fourth-order valence-corrected chi connectivity index (χ4v) is 2.60. The molecule has 7 nitrogen and oxygen atoms in total. The summed E-state index contributed by atoms with van der Waals surface area (Å²) in [7, 11) is 1.68. The van der Waals surface area contributed by atoms with Crippen LogP contribution in [0.3, 0.4) is 0 Å². The number of nitro groups is 1. The third-order valence-corrected chi connectivity index (χ3v) is 3.68. The molecule has 0 aliphatic heterocycles. The standard InChI is InChI=1S/C12H12N4O3S/c1-8(17)14-9-5-3-4-6-10(9)20-12-11(16(18)19)13-7-15(12)2/h3-7H,1-2H3,(H,14,17). The first-order valence-electron chi connectivity index (χ1n) is 5.69. The molecule has 104 valence electrons. The summed E-state index contributed by atoms with van der Waals surface area (Å²) in [6.07, 6.45) is 1.39. The van der Waals surface area contributed by atoms with Crippen LogP contribution in [0.15, 0.2) is 40.5 Å². The van der Waals surface area contributed by atoms with Crippen LogP contribution in [0, 0.1) is 10.1 Å². The molecule has 1 aromatic heterocycles. The number of hydrogen-bond acceptors (Lipinski definition) is 5. The number of para-hydroxylation sites is 1. The number of rotatable bonds is 4. The molecule has 0 fully saturated rings. The number of amides is 1. The lowest BCUT2D eigenvalue weighted by Crippen LogP contribution is -2.06. The molecule has 1 heterocycles. The third-order valence-electron chi connectivity index (χ3n) is 2.44. The fraction of sp³-hybridized carbons (Fsp3) is 0.167. The Morgan fingerprint density at radius 3 is 2.80 bits per heavy atom. The smallest absolute Gasteiger partial charge is 0.358 e. The average Bonchev–Trinajstić information content (AvgIpc) is 2.73. The Morgan fingerprint density at radius 2 is 2.15 bits per heavy atom. The van der Waals surface area contributed by atoms with Crippen LogP contribution in [-0.2, 0) is 11.8 Å². The summed E-state index contributed by atoms with van der Waals surface area (Å²) in [5.74, 6) is -0.396. The van der Waals surface area contributed by atoms with E-state index in [1.54, 1.807) is 35.9 Å². The number of nitrogens with one attached hydrogen (secondary N) is 1. The average molecular weight is 292 g/mol. The Labute approximate surface area is 119 Å². The van der Waals surface area contributed by atoms with E-state index in [-0.39, 0.29) is 11.7 Å². The van der Waals surface area contributed by atoms with Crippen LogP contribution < -0.4 is 5.32 Å². The molecule has 1 N–H and O–H groups in total. The SMILES string of the molecule is CC(=O)Nc1ccccc1Sc1c([N+](=O)[O-])ncn1C. The van der Waals surface area contributed by atoms with Gasteiger partial charge < -0.3 is 20.0 Å². The van der Waals surface area contributed by atoms with Gasteiger partial charge in [0.2, 0.25) is 12.2 Å². The molecule has 0 spiro atoms. The van der Waals surface area contributed by atoms with Gasteiger partial charge in [-0.2, -0.15) is 0 Å². The highest BCUT2D eigenvalue weighted by Crippen LogP contribution is 2.37. The summed E-state index contributed by atoms with van der Waals surface area (Å²) in [4.78, 5) is 26.0. The number of hydrogen-bond donors (Lipinski definition) is 1. The number of nitrogens with zero attached hydrogens (tertiary/aromatic N) is 3. The van der Waals surface area contributed by atoms with Crippen molar-refractivity contribution in [1.82, 2.24) is 9.55 Å². The van der Waals surface area contributed by atoms with Crippen molar-refractivity contribution in [3.63, 3.8) is 0 Å². The molecule has 0 atom stereocenters. The van der Waals surface area contributed by atoms with Gasteiger partial charge in [-0.25, -0.2) is 0 Å². The molecule has 0 saturated heterocycles. The van der Waals surface area contributed by atoms with E-state index in [1.165, 1.54) is 25.0 Å². The van der Waals surface area contributed by atoms with Crippen LogP contribution in [0.25, 0.3) is 0 Å². The third kappa shape index (κ3) is 2.97. The highest BCUT2D eigenvalue weighted by atomic mass is 32.2.